The van der Waals surface area contributed by atoms with Crippen LogP contribution in [0, 0.1) is 23.0 Å². The Hall–Kier alpha value is -2.87. The summed E-state index contributed by atoms with van der Waals surface area (Å²) in [5, 5.41) is 9.13. The fourth-order valence-corrected chi connectivity index (χ4v) is 1.98. The Morgan fingerprint density at radius 3 is 2.57 bits per heavy atom. The summed E-state index contributed by atoms with van der Waals surface area (Å²) in [7, 11) is 1.59. The summed E-state index contributed by atoms with van der Waals surface area (Å²) in [6.45, 7) is 3.87. The van der Waals surface area contributed by atoms with Crippen molar-refractivity contribution in [1.82, 2.24) is 0 Å². The Morgan fingerprint density at radius 2 is 1.95 bits per heavy atom. The number of hydrogen-bond acceptors (Lipinski definition) is 3. The molecule has 106 valence electrons. The molecular weight excluding hydrogens is 272 g/mol. The van der Waals surface area contributed by atoms with Crippen LogP contribution in [-0.4, -0.2) is 7.05 Å². The third kappa shape index (κ3) is 2.84. The summed E-state index contributed by atoms with van der Waals surface area (Å²) in [6.07, 6.45) is 0. The molecule has 2 rings (SSSR count). The Kier molecular flexibility index (Phi) is 3.90. The molecule has 2 aromatic carbocycles. The summed E-state index contributed by atoms with van der Waals surface area (Å²) in [5.41, 5.74) is 7.62. The van der Waals surface area contributed by atoms with Gasteiger partial charge in [-0.3, -0.25) is 0 Å². The topological polar surface area (TPSA) is 53.1 Å². The summed E-state index contributed by atoms with van der Waals surface area (Å²) in [4.78, 5) is 1.45. The minimum Gasteiger partial charge on any atom is -0.399 e. The first-order valence-electron chi connectivity index (χ1n) is 6.11. The van der Waals surface area contributed by atoms with Crippen LogP contribution in [0.25, 0.3) is 5.70 Å². The number of nitrogens with zero attached hydrogens (tertiary/aromatic N) is 2. The van der Waals surface area contributed by atoms with Gasteiger partial charge in [0.25, 0.3) is 0 Å². The van der Waals surface area contributed by atoms with Crippen LogP contribution in [0.5, 0.6) is 0 Å². The summed E-state index contributed by atoms with van der Waals surface area (Å²) in [6, 6.07) is 10.1. The van der Waals surface area contributed by atoms with Crippen molar-refractivity contribution in [1.29, 1.82) is 5.26 Å². The van der Waals surface area contributed by atoms with Gasteiger partial charge in [-0.05, 0) is 30.3 Å². The second-order valence-corrected chi connectivity index (χ2v) is 4.52. The van der Waals surface area contributed by atoms with E-state index in [1.165, 1.54) is 11.0 Å². The summed E-state index contributed by atoms with van der Waals surface area (Å²) < 4.78 is 26.8. The van der Waals surface area contributed by atoms with Crippen LogP contribution in [0.4, 0.5) is 20.2 Å². The molecule has 0 atom stereocenters. The molecule has 0 bridgehead atoms. The highest BCUT2D eigenvalue weighted by Gasteiger charge is 2.15. The minimum absolute atomic E-state index is 0.160. The SMILES string of the molecule is C=C(c1cc(N)ccc1C#N)N(C)c1ccc(F)cc1F. The molecule has 0 spiro atoms. The fraction of sp³-hybridized carbons (Fsp3) is 0.0625. The van der Waals surface area contributed by atoms with Crippen LogP contribution in [0.3, 0.4) is 0 Å². The molecule has 0 aromatic heterocycles. The molecule has 0 aliphatic carbocycles. The molecule has 3 nitrogen and oxygen atoms in total. The molecule has 0 saturated carbocycles. The van der Waals surface area contributed by atoms with Crippen molar-refractivity contribution < 1.29 is 8.78 Å². The second-order valence-electron chi connectivity index (χ2n) is 4.52. The van der Waals surface area contributed by atoms with Crippen molar-refractivity contribution in [3.63, 3.8) is 0 Å². The first-order chi connectivity index (χ1) is 9.93. The lowest BCUT2D eigenvalue weighted by Crippen LogP contribution is -2.17. The smallest absolute Gasteiger partial charge is 0.149 e. The van der Waals surface area contributed by atoms with Crippen molar-refractivity contribution in [2.75, 3.05) is 17.7 Å². The van der Waals surface area contributed by atoms with Crippen molar-refractivity contribution >= 4 is 17.1 Å². The number of nitrogens with two attached hydrogens (primary N) is 1. The van der Waals surface area contributed by atoms with E-state index in [9.17, 15) is 8.78 Å². The average molecular weight is 285 g/mol. The van der Waals surface area contributed by atoms with Crippen LogP contribution in [0.15, 0.2) is 43.0 Å². The van der Waals surface area contributed by atoms with E-state index in [1.807, 2.05) is 6.07 Å². The van der Waals surface area contributed by atoms with E-state index >= 15 is 0 Å². The zero-order valence-electron chi connectivity index (χ0n) is 11.4. The van der Waals surface area contributed by atoms with Crippen LogP contribution < -0.4 is 10.6 Å². The zero-order chi connectivity index (χ0) is 15.6. The van der Waals surface area contributed by atoms with E-state index in [0.717, 1.165) is 12.1 Å². The molecule has 0 unspecified atom stereocenters. The lowest BCUT2D eigenvalue weighted by molar-refractivity contribution is 0.583. The van der Waals surface area contributed by atoms with E-state index in [4.69, 9.17) is 11.0 Å². The number of nitrogen functional groups attached to an aromatic ring is 1. The molecule has 5 heteroatoms. The lowest BCUT2D eigenvalue weighted by Gasteiger charge is -2.23. The van der Waals surface area contributed by atoms with Crippen LogP contribution in [-0.2, 0) is 0 Å². The van der Waals surface area contributed by atoms with Gasteiger partial charge in [-0.25, -0.2) is 8.78 Å². The van der Waals surface area contributed by atoms with Crippen LogP contribution in [0.1, 0.15) is 11.1 Å². The zero-order valence-corrected chi connectivity index (χ0v) is 11.4. The van der Waals surface area contributed by atoms with Gasteiger partial charge in [-0.2, -0.15) is 5.26 Å². The minimum atomic E-state index is -0.707. The summed E-state index contributed by atoms with van der Waals surface area (Å²) in [5.74, 6) is -1.36. The lowest BCUT2D eigenvalue weighted by atomic mass is 10.0. The second kappa shape index (κ2) is 5.63. The molecule has 0 amide bonds. The highest BCUT2D eigenvalue weighted by atomic mass is 19.1. The Morgan fingerprint density at radius 1 is 1.24 bits per heavy atom. The van der Waals surface area contributed by atoms with Gasteiger partial charge >= 0.3 is 0 Å². The number of halogens is 2. The quantitative estimate of drug-likeness (QED) is 0.878. The van der Waals surface area contributed by atoms with Crippen molar-refractivity contribution in [3.8, 4) is 6.07 Å². The van der Waals surface area contributed by atoms with Crippen LogP contribution >= 0.6 is 0 Å². The number of anilines is 2. The van der Waals surface area contributed by atoms with Gasteiger partial charge in [0.15, 0.2) is 0 Å². The maximum absolute atomic E-state index is 13.8. The highest BCUT2D eigenvalue weighted by molar-refractivity contribution is 5.81. The third-order valence-corrected chi connectivity index (χ3v) is 3.15. The van der Waals surface area contributed by atoms with Crippen molar-refractivity contribution in [2.45, 2.75) is 0 Å². The Balaban J connectivity index is 2.45. The maximum Gasteiger partial charge on any atom is 0.149 e. The van der Waals surface area contributed by atoms with Crippen LogP contribution in [0.2, 0.25) is 0 Å². The van der Waals surface area contributed by atoms with Gasteiger partial charge in [0.05, 0.1) is 17.3 Å². The molecule has 0 saturated heterocycles. The first-order valence-corrected chi connectivity index (χ1v) is 6.11. The predicted molar refractivity (Wildman–Crippen MR) is 79.4 cm³/mol. The van der Waals surface area contributed by atoms with Crippen molar-refractivity contribution in [2.24, 2.45) is 0 Å². The molecule has 0 heterocycles. The molecular formula is C16H13F2N3. The van der Waals surface area contributed by atoms with Gasteiger partial charge < -0.3 is 10.6 Å². The van der Waals surface area contributed by atoms with Gasteiger partial charge in [0, 0.05) is 30.1 Å². The Bertz CT molecular complexity index is 748. The molecule has 0 radical (unpaired) electrons. The number of benzene rings is 2. The summed E-state index contributed by atoms with van der Waals surface area (Å²) >= 11 is 0. The third-order valence-electron chi connectivity index (χ3n) is 3.15. The van der Waals surface area contributed by atoms with E-state index < -0.39 is 11.6 Å². The van der Waals surface area contributed by atoms with Gasteiger partial charge in [-0.15, -0.1) is 0 Å². The number of hydrogen-bond donors (Lipinski definition) is 1. The normalized spacial score (nSPS) is 10.0. The van der Waals surface area contributed by atoms with E-state index in [-0.39, 0.29) is 5.69 Å². The van der Waals surface area contributed by atoms with E-state index in [1.54, 1.807) is 25.2 Å². The van der Waals surface area contributed by atoms with E-state index in [0.29, 0.717) is 22.5 Å². The van der Waals surface area contributed by atoms with Gasteiger partial charge in [0.1, 0.15) is 11.6 Å². The maximum atomic E-state index is 13.8. The predicted octanol–water partition coefficient (Wildman–Crippen LogP) is 3.53. The first kappa shape index (κ1) is 14.5. The molecule has 0 fully saturated rings. The molecule has 0 aliphatic rings. The average Bonchev–Trinajstić information content (AvgIpc) is 2.45. The number of rotatable bonds is 3. The highest BCUT2D eigenvalue weighted by Crippen LogP contribution is 2.29. The standard InChI is InChI=1S/C16H13F2N3/c1-10(14-8-13(20)5-3-11(14)9-19)21(2)16-6-4-12(17)7-15(16)18/h3-8H,1,20H2,2H3. The van der Waals surface area contributed by atoms with E-state index in [2.05, 4.69) is 6.58 Å². The van der Waals surface area contributed by atoms with Crippen molar-refractivity contribution in [3.05, 3.63) is 65.7 Å². The molecule has 2 aromatic rings. The number of nitriles is 1. The molecule has 21 heavy (non-hydrogen) atoms. The fourth-order valence-electron chi connectivity index (χ4n) is 1.98. The monoisotopic (exact) mass is 285 g/mol. The largest absolute Gasteiger partial charge is 0.399 e. The van der Waals surface area contributed by atoms with Gasteiger partial charge in [0.2, 0.25) is 0 Å². The molecule has 2 N–H and O–H groups in total. The Labute approximate surface area is 121 Å². The molecule has 0 aliphatic heterocycles. The van der Waals surface area contributed by atoms with Gasteiger partial charge in [-0.1, -0.05) is 6.58 Å².